The SMILES string of the molecule is CC(C)(C)SSc1c(-c2ccc(C(C)(C)C)cc2)nnn1Cc1ccccc1. The maximum atomic E-state index is 4.55. The minimum atomic E-state index is 0.142. The lowest BCUT2D eigenvalue weighted by atomic mass is 9.86. The Morgan fingerprint density at radius 1 is 0.857 bits per heavy atom. The normalized spacial score (nSPS) is 12.4. The van der Waals surface area contributed by atoms with E-state index in [1.807, 2.05) is 21.5 Å². The Morgan fingerprint density at radius 3 is 2.07 bits per heavy atom. The second kappa shape index (κ2) is 8.34. The zero-order valence-electron chi connectivity index (χ0n) is 17.6. The predicted molar refractivity (Wildman–Crippen MR) is 123 cm³/mol. The van der Waals surface area contributed by atoms with E-state index in [4.69, 9.17) is 0 Å². The van der Waals surface area contributed by atoms with Gasteiger partial charge in [-0.15, -0.1) is 5.10 Å². The first-order chi connectivity index (χ1) is 13.1. The van der Waals surface area contributed by atoms with Crippen LogP contribution in [0.5, 0.6) is 0 Å². The summed E-state index contributed by atoms with van der Waals surface area (Å²) in [5.74, 6) is 0. The van der Waals surface area contributed by atoms with Gasteiger partial charge >= 0.3 is 0 Å². The Kier molecular flexibility index (Phi) is 6.25. The lowest BCUT2D eigenvalue weighted by Gasteiger charge is -2.19. The van der Waals surface area contributed by atoms with Crippen molar-refractivity contribution in [2.75, 3.05) is 0 Å². The van der Waals surface area contributed by atoms with Gasteiger partial charge in [-0.25, -0.2) is 4.68 Å². The maximum Gasteiger partial charge on any atom is 0.133 e. The molecule has 3 aromatic rings. The van der Waals surface area contributed by atoms with E-state index in [-0.39, 0.29) is 10.2 Å². The summed E-state index contributed by atoms with van der Waals surface area (Å²) in [6.07, 6.45) is 0. The molecule has 0 bridgehead atoms. The molecule has 0 atom stereocenters. The van der Waals surface area contributed by atoms with Crippen LogP contribution in [0.3, 0.4) is 0 Å². The smallest absolute Gasteiger partial charge is 0.133 e. The zero-order chi connectivity index (χ0) is 20.4. The molecule has 0 aliphatic rings. The molecule has 0 spiro atoms. The van der Waals surface area contributed by atoms with E-state index < -0.39 is 0 Å². The predicted octanol–water partition coefficient (Wildman–Crippen LogP) is 6.83. The Morgan fingerprint density at radius 2 is 1.50 bits per heavy atom. The van der Waals surface area contributed by atoms with E-state index in [1.54, 1.807) is 10.8 Å². The second-order valence-electron chi connectivity index (χ2n) is 8.99. The summed E-state index contributed by atoms with van der Waals surface area (Å²) in [5, 5.41) is 10.1. The molecule has 0 saturated heterocycles. The highest BCUT2D eigenvalue weighted by Crippen LogP contribution is 2.43. The molecule has 0 radical (unpaired) electrons. The van der Waals surface area contributed by atoms with Gasteiger partial charge in [0.1, 0.15) is 10.7 Å². The molecule has 2 aromatic carbocycles. The van der Waals surface area contributed by atoms with Gasteiger partial charge in [-0.05, 0) is 27.3 Å². The summed E-state index contributed by atoms with van der Waals surface area (Å²) in [6.45, 7) is 14.1. The number of nitrogens with zero attached hydrogens (tertiary/aromatic N) is 3. The molecule has 0 fully saturated rings. The van der Waals surface area contributed by atoms with Gasteiger partial charge in [0.15, 0.2) is 0 Å². The molecular formula is C23H29N3S2. The van der Waals surface area contributed by atoms with Crippen molar-refractivity contribution >= 4 is 21.6 Å². The summed E-state index contributed by atoms with van der Waals surface area (Å²) in [4.78, 5) is 0. The molecule has 0 unspecified atom stereocenters. The van der Waals surface area contributed by atoms with Gasteiger partial charge in [-0.1, -0.05) is 112 Å². The van der Waals surface area contributed by atoms with Crippen LogP contribution in [0.2, 0.25) is 0 Å². The van der Waals surface area contributed by atoms with Crippen molar-refractivity contribution < 1.29 is 0 Å². The number of hydrogen-bond donors (Lipinski definition) is 0. The highest BCUT2D eigenvalue weighted by molar-refractivity contribution is 8.77. The van der Waals surface area contributed by atoms with E-state index >= 15 is 0 Å². The molecule has 3 nitrogen and oxygen atoms in total. The third-order valence-electron chi connectivity index (χ3n) is 4.26. The van der Waals surface area contributed by atoms with Crippen LogP contribution in [0.25, 0.3) is 11.3 Å². The third kappa shape index (κ3) is 5.42. The molecule has 5 heteroatoms. The summed E-state index contributed by atoms with van der Waals surface area (Å²) in [6, 6.07) is 19.2. The van der Waals surface area contributed by atoms with Gasteiger partial charge in [0.25, 0.3) is 0 Å². The molecule has 148 valence electrons. The van der Waals surface area contributed by atoms with Gasteiger partial charge in [0.05, 0.1) is 6.54 Å². The van der Waals surface area contributed by atoms with Crippen molar-refractivity contribution in [1.29, 1.82) is 0 Å². The molecule has 0 aliphatic heterocycles. The quantitative estimate of drug-likeness (QED) is 0.431. The number of hydrogen-bond acceptors (Lipinski definition) is 4. The van der Waals surface area contributed by atoms with Crippen molar-refractivity contribution in [3.05, 3.63) is 65.7 Å². The number of aromatic nitrogens is 3. The van der Waals surface area contributed by atoms with Crippen molar-refractivity contribution in [1.82, 2.24) is 15.0 Å². The fraction of sp³-hybridized carbons (Fsp3) is 0.391. The summed E-state index contributed by atoms with van der Waals surface area (Å²) < 4.78 is 2.17. The largest absolute Gasteiger partial charge is 0.233 e. The first-order valence-corrected chi connectivity index (χ1v) is 11.7. The summed E-state index contributed by atoms with van der Waals surface area (Å²) in [7, 11) is 3.61. The van der Waals surface area contributed by atoms with Crippen LogP contribution >= 0.6 is 21.6 Å². The van der Waals surface area contributed by atoms with Crippen molar-refractivity contribution in [3.63, 3.8) is 0 Å². The first-order valence-electron chi connectivity index (χ1n) is 9.57. The zero-order valence-corrected chi connectivity index (χ0v) is 19.2. The standard InChI is InChI=1S/C23H29N3S2/c1-22(2,3)19-14-12-18(13-15-19)20-21(27-28-23(4,5)6)26(25-24-20)16-17-10-8-7-9-11-17/h7-15H,16H2,1-6H3. The Bertz CT molecular complexity index is 902. The van der Waals surface area contributed by atoms with E-state index in [0.29, 0.717) is 0 Å². The van der Waals surface area contributed by atoms with Crippen LogP contribution in [0.4, 0.5) is 0 Å². The van der Waals surface area contributed by atoms with E-state index in [0.717, 1.165) is 22.8 Å². The molecular weight excluding hydrogens is 382 g/mol. The van der Waals surface area contributed by atoms with Crippen LogP contribution in [0.15, 0.2) is 59.6 Å². The van der Waals surface area contributed by atoms with Crippen LogP contribution in [-0.4, -0.2) is 19.7 Å². The van der Waals surface area contributed by atoms with Gasteiger partial charge in [-0.2, -0.15) is 0 Å². The highest BCUT2D eigenvalue weighted by atomic mass is 33.1. The first kappa shape index (κ1) is 21.0. The minimum Gasteiger partial charge on any atom is -0.233 e. The van der Waals surface area contributed by atoms with Crippen molar-refractivity contribution in [2.45, 2.75) is 63.3 Å². The number of rotatable bonds is 5. The van der Waals surface area contributed by atoms with Gasteiger partial charge in [0.2, 0.25) is 0 Å². The van der Waals surface area contributed by atoms with Crippen molar-refractivity contribution in [2.24, 2.45) is 0 Å². The maximum absolute atomic E-state index is 4.55. The van der Waals surface area contributed by atoms with Crippen LogP contribution < -0.4 is 0 Å². The molecule has 28 heavy (non-hydrogen) atoms. The highest BCUT2D eigenvalue weighted by Gasteiger charge is 2.21. The molecule has 1 heterocycles. The molecule has 0 aliphatic carbocycles. The summed E-state index contributed by atoms with van der Waals surface area (Å²) >= 11 is 0. The molecule has 1 aromatic heterocycles. The van der Waals surface area contributed by atoms with Crippen LogP contribution in [0.1, 0.15) is 52.7 Å². The van der Waals surface area contributed by atoms with Crippen LogP contribution in [0, 0.1) is 0 Å². The molecule has 0 amide bonds. The van der Waals surface area contributed by atoms with Gasteiger partial charge in [-0.3, -0.25) is 0 Å². The van der Waals surface area contributed by atoms with E-state index in [2.05, 4.69) is 100 Å². The topological polar surface area (TPSA) is 30.7 Å². The molecule has 0 saturated carbocycles. The van der Waals surface area contributed by atoms with Gasteiger partial charge in [0, 0.05) is 10.3 Å². The monoisotopic (exact) mass is 411 g/mol. The fourth-order valence-corrected chi connectivity index (χ4v) is 4.96. The number of benzene rings is 2. The second-order valence-corrected chi connectivity index (χ2v) is 11.9. The average molecular weight is 412 g/mol. The van der Waals surface area contributed by atoms with E-state index in [1.165, 1.54) is 11.1 Å². The van der Waals surface area contributed by atoms with Crippen LogP contribution in [-0.2, 0) is 12.0 Å². The molecule has 3 rings (SSSR count). The Balaban J connectivity index is 1.95. The average Bonchev–Trinajstić information content (AvgIpc) is 3.02. The summed E-state index contributed by atoms with van der Waals surface area (Å²) in [5.41, 5.74) is 4.77. The van der Waals surface area contributed by atoms with Gasteiger partial charge < -0.3 is 0 Å². The Hall–Kier alpha value is -1.72. The van der Waals surface area contributed by atoms with Crippen molar-refractivity contribution in [3.8, 4) is 11.3 Å². The lowest BCUT2D eigenvalue weighted by molar-refractivity contribution is 0.590. The lowest BCUT2D eigenvalue weighted by Crippen LogP contribution is -2.10. The Labute approximate surface area is 176 Å². The molecule has 0 N–H and O–H groups in total. The minimum absolute atomic E-state index is 0.142. The van der Waals surface area contributed by atoms with E-state index in [9.17, 15) is 0 Å². The fourth-order valence-electron chi connectivity index (χ4n) is 2.72. The third-order valence-corrected chi connectivity index (χ3v) is 7.63.